The second-order valence-electron chi connectivity index (χ2n) is 11.1. The molecule has 1 aliphatic carbocycles. The van der Waals surface area contributed by atoms with Crippen LogP contribution in [0, 0.1) is 11.3 Å². The van der Waals surface area contributed by atoms with Crippen LogP contribution in [0.25, 0.3) is 11.4 Å². The predicted octanol–water partition coefficient (Wildman–Crippen LogP) is 3.49. The molecule has 0 unspecified atom stereocenters. The van der Waals surface area contributed by atoms with Gasteiger partial charge in [0.05, 0.1) is 17.9 Å². The second kappa shape index (κ2) is 10.5. The molecule has 0 bridgehead atoms. The highest BCUT2D eigenvalue weighted by atomic mass is 35.5. The van der Waals surface area contributed by atoms with Crippen molar-refractivity contribution in [1.29, 1.82) is 0 Å². The maximum Gasteiger partial charge on any atom is 0.227 e. The van der Waals surface area contributed by atoms with Gasteiger partial charge in [-0.2, -0.15) is 5.21 Å². The lowest BCUT2D eigenvalue weighted by molar-refractivity contribution is -0.157. The van der Waals surface area contributed by atoms with Crippen LogP contribution in [0.3, 0.4) is 0 Å². The Hall–Kier alpha value is -3.30. The first-order valence-corrected chi connectivity index (χ1v) is 13.4. The molecule has 200 valence electrons. The first kappa shape index (κ1) is 26.3. The Morgan fingerprint density at radius 1 is 1.18 bits per heavy atom. The third-order valence-corrected chi connectivity index (χ3v) is 8.41. The summed E-state index contributed by atoms with van der Waals surface area (Å²) in [4.78, 5) is 28.5. The van der Waals surface area contributed by atoms with Gasteiger partial charge in [-0.3, -0.25) is 9.59 Å². The van der Waals surface area contributed by atoms with Crippen molar-refractivity contribution in [2.45, 2.75) is 57.6 Å². The molecule has 1 saturated heterocycles. The average Bonchev–Trinajstić information content (AvgIpc) is 3.58. The van der Waals surface area contributed by atoms with Crippen molar-refractivity contribution in [3.05, 3.63) is 64.7 Å². The SMILES string of the molecule is CC1(C)CN(C(=O)[C@H]2CCC[C@H]2NC(=O)Cc2cccc(-c3nn[nH]n3)c2)CC[C@]1(O)c1ccc(Cl)cc1. The molecule has 1 saturated carbocycles. The van der Waals surface area contributed by atoms with Crippen molar-refractivity contribution in [2.75, 3.05) is 13.1 Å². The van der Waals surface area contributed by atoms with Crippen LogP contribution in [0.4, 0.5) is 0 Å². The third kappa shape index (κ3) is 5.17. The fraction of sp³-hybridized carbons (Fsp3) is 0.464. The van der Waals surface area contributed by atoms with E-state index in [1.807, 2.05) is 55.1 Å². The third-order valence-electron chi connectivity index (χ3n) is 8.16. The van der Waals surface area contributed by atoms with Gasteiger partial charge in [-0.1, -0.05) is 62.2 Å². The van der Waals surface area contributed by atoms with Gasteiger partial charge in [-0.25, -0.2) is 0 Å². The van der Waals surface area contributed by atoms with E-state index in [2.05, 4.69) is 25.9 Å². The van der Waals surface area contributed by atoms with E-state index < -0.39 is 11.0 Å². The first-order chi connectivity index (χ1) is 18.2. The van der Waals surface area contributed by atoms with Crippen molar-refractivity contribution in [2.24, 2.45) is 11.3 Å². The van der Waals surface area contributed by atoms with E-state index in [1.54, 1.807) is 12.1 Å². The number of H-pyrrole nitrogens is 1. The Labute approximate surface area is 227 Å². The van der Waals surface area contributed by atoms with Gasteiger partial charge in [0, 0.05) is 35.1 Å². The van der Waals surface area contributed by atoms with Crippen LogP contribution < -0.4 is 5.32 Å². The number of aromatic amines is 1. The lowest BCUT2D eigenvalue weighted by atomic mass is 9.66. The van der Waals surface area contributed by atoms with E-state index in [-0.39, 0.29) is 30.2 Å². The Balaban J connectivity index is 1.22. The topological polar surface area (TPSA) is 124 Å². The summed E-state index contributed by atoms with van der Waals surface area (Å²) in [6.45, 7) is 4.89. The predicted molar refractivity (Wildman–Crippen MR) is 143 cm³/mol. The molecule has 3 N–H and O–H groups in total. The minimum Gasteiger partial charge on any atom is -0.384 e. The molecular formula is C28H33ClN6O3. The molecule has 2 aliphatic rings. The largest absolute Gasteiger partial charge is 0.384 e. The number of benzene rings is 2. The Bertz CT molecular complexity index is 1300. The maximum atomic E-state index is 13.7. The monoisotopic (exact) mass is 536 g/mol. The van der Waals surface area contributed by atoms with E-state index in [9.17, 15) is 14.7 Å². The van der Waals surface area contributed by atoms with Crippen LogP contribution in [-0.4, -0.2) is 61.6 Å². The zero-order chi connectivity index (χ0) is 26.9. The Morgan fingerprint density at radius 2 is 1.97 bits per heavy atom. The lowest BCUT2D eigenvalue weighted by Crippen LogP contribution is -2.58. The number of hydrogen-bond acceptors (Lipinski definition) is 6. The number of carbonyl (C=O) groups excluding carboxylic acids is 2. The molecular weight excluding hydrogens is 504 g/mol. The summed E-state index contributed by atoms with van der Waals surface area (Å²) in [5.41, 5.74) is 0.811. The Morgan fingerprint density at radius 3 is 2.68 bits per heavy atom. The summed E-state index contributed by atoms with van der Waals surface area (Å²) in [5.74, 6) is 0.150. The highest BCUT2D eigenvalue weighted by Crippen LogP contribution is 2.46. The number of rotatable bonds is 6. The quantitative estimate of drug-likeness (QED) is 0.443. The summed E-state index contributed by atoms with van der Waals surface area (Å²) >= 11 is 6.05. The molecule has 5 rings (SSSR count). The van der Waals surface area contributed by atoms with E-state index >= 15 is 0 Å². The number of nitrogens with zero attached hydrogens (tertiary/aromatic N) is 4. The van der Waals surface area contributed by atoms with Gasteiger partial charge in [-0.15, -0.1) is 10.2 Å². The number of carbonyl (C=O) groups is 2. The molecule has 0 radical (unpaired) electrons. The van der Waals surface area contributed by atoms with Crippen LogP contribution >= 0.6 is 11.6 Å². The summed E-state index contributed by atoms with van der Waals surface area (Å²) < 4.78 is 0. The number of halogens is 1. The summed E-state index contributed by atoms with van der Waals surface area (Å²) in [6.07, 6.45) is 3.05. The normalized spacial score (nSPS) is 24.8. The van der Waals surface area contributed by atoms with Gasteiger partial charge in [0.2, 0.25) is 17.6 Å². The fourth-order valence-corrected chi connectivity index (χ4v) is 6.11. The van der Waals surface area contributed by atoms with Crippen LogP contribution in [-0.2, 0) is 21.6 Å². The molecule has 2 fully saturated rings. The molecule has 1 aliphatic heterocycles. The number of aromatic nitrogens is 4. The van der Waals surface area contributed by atoms with E-state index in [0.717, 1.165) is 36.0 Å². The minimum atomic E-state index is -1.06. The molecule has 38 heavy (non-hydrogen) atoms. The highest BCUT2D eigenvalue weighted by molar-refractivity contribution is 6.30. The van der Waals surface area contributed by atoms with Gasteiger partial charge in [0.1, 0.15) is 0 Å². The maximum absolute atomic E-state index is 13.7. The van der Waals surface area contributed by atoms with Crippen LogP contribution in [0.5, 0.6) is 0 Å². The molecule has 9 nitrogen and oxygen atoms in total. The summed E-state index contributed by atoms with van der Waals surface area (Å²) in [5, 5.41) is 29.4. The van der Waals surface area contributed by atoms with Crippen molar-refractivity contribution >= 4 is 23.4 Å². The number of aliphatic hydroxyl groups is 1. The van der Waals surface area contributed by atoms with E-state index in [4.69, 9.17) is 11.6 Å². The van der Waals surface area contributed by atoms with Crippen molar-refractivity contribution in [1.82, 2.24) is 30.8 Å². The van der Waals surface area contributed by atoms with Gasteiger partial charge in [0.15, 0.2) is 0 Å². The number of piperidine rings is 1. The highest BCUT2D eigenvalue weighted by Gasteiger charge is 2.50. The average molecular weight is 537 g/mol. The Kier molecular flexibility index (Phi) is 7.24. The van der Waals surface area contributed by atoms with Gasteiger partial charge >= 0.3 is 0 Å². The number of nitrogens with one attached hydrogen (secondary N) is 2. The van der Waals surface area contributed by atoms with Gasteiger partial charge in [0.25, 0.3) is 0 Å². The molecule has 10 heteroatoms. The second-order valence-corrected chi connectivity index (χ2v) is 11.5. The summed E-state index contributed by atoms with van der Waals surface area (Å²) in [7, 11) is 0. The van der Waals surface area contributed by atoms with E-state index in [1.165, 1.54) is 0 Å². The minimum absolute atomic E-state index is 0.0538. The van der Waals surface area contributed by atoms with Crippen molar-refractivity contribution in [3.63, 3.8) is 0 Å². The lowest BCUT2D eigenvalue weighted by Gasteiger charge is -2.51. The summed E-state index contributed by atoms with van der Waals surface area (Å²) in [6, 6.07) is 14.6. The molecule has 3 atom stereocenters. The molecule has 2 heterocycles. The molecule has 2 aromatic carbocycles. The van der Waals surface area contributed by atoms with E-state index in [0.29, 0.717) is 30.4 Å². The van der Waals surface area contributed by atoms with Crippen LogP contribution in [0.1, 0.15) is 50.7 Å². The van der Waals surface area contributed by atoms with Crippen LogP contribution in [0.15, 0.2) is 48.5 Å². The fourth-order valence-electron chi connectivity index (χ4n) is 5.98. The number of hydrogen-bond donors (Lipinski definition) is 3. The molecule has 1 aromatic heterocycles. The zero-order valence-corrected chi connectivity index (χ0v) is 22.4. The molecule has 3 aromatic rings. The number of amides is 2. The zero-order valence-electron chi connectivity index (χ0n) is 21.7. The first-order valence-electron chi connectivity index (χ1n) is 13.1. The molecule has 2 amide bonds. The standard InChI is InChI=1S/C28H33ClN6O3/c1-27(2)17-35(14-13-28(27,38)20-9-11-21(29)12-10-20)26(37)22-7-4-8-23(22)30-24(36)16-18-5-3-6-19(15-18)25-31-33-34-32-25/h3,5-6,9-12,15,22-23,38H,4,7-8,13-14,16-17H2,1-2H3,(H,30,36)(H,31,32,33,34)/t22-,23+,28-/m0/s1. The number of likely N-dealkylation sites (tertiary alicyclic amines) is 1. The number of tetrazole rings is 1. The van der Waals surface area contributed by atoms with Gasteiger partial charge < -0.3 is 15.3 Å². The van der Waals surface area contributed by atoms with Crippen molar-refractivity contribution in [3.8, 4) is 11.4 Å². The van der Waals surface area contributed by atoms with Crippen molar-refractivity contribution < 1.29 is 14.7 Å². The molecule has 0 spiro atoms. The smallest absolute Gasteiger partial charge is 0.227 e. The van der Waals surface area contributed by atoms with Crippen LogP contribution in [0.2, 0.25) is 5.02 Å². The van der Waals surface area contributed by atoms with Gasteiger partial charge in [-0.05, 0) is 53.8 Å².